The third-order valence-electron chi connectivity index (χ3n) is 6.89. The molecule has 0 radical (unpaired) electrons. The molecule has 7 nitrogen and oxygen atoms in total. The fraction of sp³-hybridized carbons (Fsp3) is 0.286. The Bertz CT molecular complexity index is 1600. The zero-order chi connectivity index (χ0) is 30.9. The lowest BCUT2D eigenvalue weighted by atomic mass is 9.84. The molecule has 0 aliphatic rings. The van der Waals surface area contributed by atoms with Crippen LogP contribution >= 0.6 is 0 Å². The molecule has 0 saturated carbocycles. The molecule has 8 heteroatoms. The van der Waals surface area contributed by atoms with E-state index in [1.165, 1.54) is 6.07 Å². The van der Waals surface area contributed by atoms with Crippen molar-refractivity contribution >= 4 is 16.2 Å². The molecular weight excluding hydrogens is 562 g/mol. The number of hydrogen-bond acceptors (Lipinski definition) is 6. The first-order valence-corrected chi connectivity index (χ1v) is 15.6. The number of carbonyl (C=O) groups excluding carboxylic acids is 1. The highest BCUT2D eigenvalue weighted by Crippen LogP contribution is 2.33. The molecule has 4 rings (SSSR count). The number of ether oxygens (including phenoxy) is 2. The standard InChI is InChI=1S/C35H39NO6S/c1-26-13-11-12-18-33(26)43(38,39)42-25-30(36-34(37)41-24-28-16-9-6-10-17-28)21-29-19-20-32(31(22-29)35(2,3)4)40-23-27-14-7-5-8-15-27/h5-20,22,30H,21,23-25H2,1-4H3,(H,36,37). The van der Waals surface area contributed by atoms with E-state index in [1.807, 2.05) is 78.9 Å². The summed E-state index contributed by atoms with van der Waals surface area (Å²) >= 11 is 0. The van der Waals surface area contributed by atoms with E-state index in [0.717, 1.165) is 28.0 Å². The molecule has 1 N–H and O–H groups in total. The maximum absolute atomic E-state index is 13.0. The minimum Gasteiger partial charge on any atom is -0.489 e. The predicted molar refractivity (Wildman–Crippen MR) is 167 cm³/mol. The first-order valence-electron chi connectivity index (χ1n) is 14.2. The van der Waals surface area contributed by atoms with E-state index in [1.54, 1.807) is 25.1 Å². The normalized spacial score (nSPS) is 12.4. The van der Waals surface area contributed by atoms with Crippen LogP contribution in [0.1, 0.15) is 48.6 Å². The fourth-order valence-electron chi connectivity index (χ4n) is 4.59. The number of benzene rings is 4. The Morgan fingerprint density at radius 2 is 1.40 bits per heavy atom. The maximum Gasteiger partial charge on any atom is 0.407 e. The van der Waals surface area contributed by atoms with Gasteiger partial charge in [0, 0.05) is 0 Å². The van der Waals surface area contributed by atoms with E-state index in [2.05, 4.69) is 26.1 Å². The molecule has 4 aromatic carbocycles. The van der Waals surface area contributed by atoms with Crippen molar-refractivity contribution in [3.8, 4) is 5.75 Å². The van der Waals surface area contributed by atoms with E-state index in [-0.39, 0.29) is 23.5 Å². The Hall–Kier alpha value is -4.14. The Morgan fingerprint density at radius 1 is 0.791 bits per heavy atom. The van der Waals surface area contributed by atoms with Gasteiger partial charge in [0.15, 0.2) is 0 Å². The summed E-state index contributed by atoms with van der Waals surface area (Å²) < 4.78 is 43.2. The number of nitrogens with one attached hydrogen (secondary N) is 1. The largest absolute Gasteiger partial charge is 0.489 e. The van der Waals surface area contributed by atoms with Crippen LogP contribution in [0, 0.1) is 6.92 Å². The number of rotatable bonds is 12. The van der Waals surface area contributed by atoms with E-state index in [0.29, 0.717) is 18.6 Å². The number of amides is 1. The Balaban J connectivity index is 1.53. The monoisotopic (exact) mass is 601 g/mol. The van der Waals surface area contributed by atoms with Crippen molar-refractivity contribution in [1.29, 1.82) is 0 Å². The molecular formula is C35H39NO6S. The molecule has 43 heavy (non-hydrogen) atoms. The first kappa shape index (κ1) is 31.8. The highest BCUT2D eigenvalue weighted by molar-refractivity contribution is 7.86. The van der Waals surface area contributed by atoms with Crippen LogP contribution in [0.3, 0.4) is 0 Å². The van der Waals surface area contributed by atoms with Crippen molar-refractivity contribution in [3.05, 3.63) is 131 Å². The number of carbonyl (C=O) groups is 1. The molecule has 0 aliphatic carbocycles. The molecule has 0 heterocycles. The molecule has 1 unspecified atom stereocenters. The smallest absolute Gasteiger partial charge is 0.407 e. The minimum absolute atomic E-state index is 0.0867. The van der Waals surface area contributed by atoms with Crippen LogP contribution in [0.15, 0.2) is 108 Å². The highest BCUT2D eigenvalue weighted by Gasteiger charge is 2.24. The van der Waals surface area contributed by atoms with Gasteiger partial charge >= 0.3 is 6.09 Å². The minimum atomic E-state index is -4.05. The van der Waals surface area contributed by atoms with Gasteiger partial charge in [0.1, 0.15) is 19.0 Å². The number of aryl methyl sites for hydroxylation is 1. The van der Waals surface area contributed by atoms with Crippen molar-refractivity contribution in [2.24, 2.45) is 0 Å². The molecule has 0 bridgehead atoms. The van der Waals surface area contributed by atoms with Crippen LogP contribution in [-0.4, -0.2) is 27.2 Å². The van der Waals surface area contributed by atoms with Gasteiger partial charge in [-0.2, -0.15) is 8.42 Å². The summed E-state index contributed by atoms with van der Waals surface area (Å²) in [5.41, 5.74) is 4.15. The van der Waals surface area contributed by atoms with Gasteiger partial charge in [-0.1, -0.05) is 112 Å². The fourth-order valence-corrected chi connectivity index (χ4v) is 5.77. The van der Waals surface area contributed by atoms with Gasteiger partial charge in [0.25, 0.3) is 10.1 Å². The molecule has 0 saturated heterocycles. The Morgan fingerprint density at radius 3 is 2.02 bits per heavy atom. The van der Waals surface area contributed by atoms with Gasteiger partial charge in [0.05, 0.1) is 17.5 Å². The molecule has 0 aliphatic heterocycles. The zero-order valence-corrected chi connectivity index (χ0v) is 25.9. The average molecular weight is 602 g/mol. The van der Waals surface area contributed by atoms with Gasteiger partial charge in [-0.3, -0.25) is 4.18 Å². The second-order valence-corrected chi connectivity index (χ2v) is 13.0. The number of hydrogen-bond donors (Lipinski definition) is 1. The molecule has 226 valence electrons. The molecule has 0 spiro atoms. The Labute approximate surface area is 255 Å². The molecule has 4 aromatic rings. The average Bonchev–Trinajstić information content (AvgIpc) is 2.99. The van der Waals surface area contributed by atoms with Crippen LogP contribution < -0.4 is 10.1 Å². The lowest BCUT2D eigenvalue weighted by Crippen LogP contribution is -2.40. The van der Waals surface area contributed by atoms with Crippen molar-refractivity contribution in [3.63, 3.8) is 0 Å². The summed E-state index contributed by atoms with van der Waals surface area (Å²) in [7, 11) is -4.05. The van der Waals surface area contributed by atoms with Crippen molar-refractivity contribution in [1.82, 2.24) is 5.32 Å². The highest BCUT2D eigenvalue weighted by atomic mass is 32.2. The summed E-state index contributed by atoms with van der Waals surface area (Å²) in [6.45, 7) is 8.29. The Kier molecular flexibility index (Phi) is 10.6. The summed E-state index contributed by atoms with van der Waals surface area (Å²) in [5.74, 6) is 0.769. The SMILES string of the molecule is Cc1ccccc1S(=O)(=O)OCC(Cc1ccc(OCc2ccccc2)c(C(C)(C)C)c1)NC(=O)OCc1ccccc1. The van der Waals surface area contributed by atoms with Crippen LogP contribution in [0.25, 0.3) is 0 Å². The second-order valence-electron chi connectivity index (χ2n) is 11.5. The van der Waals surface area contributed by atoms with Crippen LogP contribution in [0.5, 0.6) is 5.75 Å². The van der Waals surface area contributed by atoms with E-state index in [4.69, 9.17) is 13.7 Å². The molecule has 0 fully saturated rings. The van der Waals surface area contributed by atoms with Gasteiger partial charge in [-0.25, -0.2) is 4.79 Å². The van der Waals surface area contributed by atoms with Gasteiger partial charge in [-0.15, -0.1) is 0 Å². The molecule has 1 amide bonds. The van der Waals surface area contributed by atoms with Crippen LogP contribution in [0.4, 0.5) is 4.79 Å². The third kappa shape index (κ3) is 9.43. The van der Waals surface area contributed by atoms with Crippen molar-refractivity contribution in [2.45, 2.75) is 63.7 Å². The quantitative estimate of drug-likeness (QED) is 0.174. The number of alkyl carbamates (subject to hydrolysis) is 1. The second kappa shape index (κ2) is 14.4. The maximum atomic E-state index is 13.0. The summed E-state index contributed by atoms with van der Waals surface area (Å²) in [6.07, 6.45) is -0.351. The van der Waals surface area contributed by atoms with E-state index < -0.39 is 22.3 Å². The topological polar surface area (TPSA) is 90.9 Å². The molecule has 1 atom stereocenters. The van der Waals surface area contributed by atoms with E-state index in [9.17, 15) is 13.2 Å². The lowest BCUT2D eigenvalue weighted by molar-refractivity contribution is 0.131. The van der Waals surface area contributed by atoms with Crippen LogP contribution in [-0.2, 0) is 44.1 Å². The van der Waals surface area contributed by atoms with Gasteiger partial charge < -0.3 is 14.8 Å². The predicted octanol–water partition coefficient (Wildman–Crippen LogP) is 7.11. The van der Waals surface area contributed by atoms with Gasteiger partial charge in [0.2, 0.25) is 0 Å². The first-order chi connectivity index (χ1) is 20.5. The summed E-state index contributed by atoms with van der Waals surface area (Å²) in [5, 5.41) is 2.81. The summed E-state index contributed by atoms with van der Waals surface area (Å²) in [6, 6.07) is 31.1. The third-order valence-corrected chi connectivity index (χ3v) is 8.34. The van der Waals surface area contributed by atoms with Crippen molar-refractivity contribution in [2.75, 3.05) is 6.61 Å². The molecule has 0 aromatic heterocycles. The van der Waals surface area contributed by atoms with Crippen LogP contribution in [0.2, 0.25) is 0 Å². The van der Waals surface area contributed by atoms with Crippen molar-refractivity contribution < 1.29 is 26.9 Å². The van der Waals surface area contributed by atoms with E-state index >= 15 is 0 Å². The lowest BCUT2D eigenvalue weighted by Gasteiger charge is -2.25. The van der Waals surface area contributed by atoms with Gasteiger partial charge in [-0.05, 0) is 58.7 Å². The summed E-state index contributed by atoms with van der Waals surface area (Å²) in [4.78, 5) is 12.9. The zero-order valence-electron chi connectivity index (χ0n) is 25.1.